The van der Waals surface area contributed by atoms with Crippen LogP contribution in [0.3, 0.4) is 0 Å². The average molecular weight is 354 g/mol. The zero-order valence-electron chi connectivity index (χ0n) is 14.8. The summed E-state index contributed by atoms with van der Waals surface area (Å²) in [6.45, 7) is 0. The molecule has 1 unspecified atom stereocenters. The summed E-state index contributed by atoms with van der Waals surface area (Å²) in [6.07, 6.45) is 1.42. The van der Waals surface area contributed by atoms with Crippen molar-refractivity contribution in [1.29, 1.82) is 0 Å². The Morgan fingerprint density at radius 1 is 1.15 bits per heavy atom. The number of hydrogen-bond donors (Lipinski definition) is 3. The van der Waals surface area contributed by atoms with Crippen LogP contribution in [0.2, 0.25) is 0 Å². The molecule has 6 heteroatoms. The van der Waals surface area contributed by atoms with Crippen LogP contribution in [0.25, 0.3) is 0 Å². The molecule has 0 saturated heterocycles. The van der Waals surface area contributed by atoms with Crippen molar-refractivity contribution in [1.82, 2.24) is 10.6 Å². The standard InChI is InChI=1S/C20H22N2O4/c1-21-18(24)17(13-4-3-5-16(12-13)26-2)22-19(25)20(10-11-20)14-6-8-15(23)9-7-14/h3-9,12,17,23H,10-11H2,1-2H3,(H,21,24)(H,22,25). The third kappa shape index (κ3) is 3.35. The number of ether oxygens (including phenoxy) is 1. The van der Waals surface area contributed by atoms with Crippen LogP contribution in [-0.2, 0) is 15.0 Å². The van der Waals surface area contributed by atoms with Gasteiger partial charge in [0.15, 0.2) is 0 Å². The van der Waals surface area contributed by atoms with Crippen LogP contribution in [-0.4, -0.2) is 31.1 Å². The Labute approximate surface area is 152 Å². The van der Waals surface area contributed by atoms with Crippen molar-refractivity contribution in [2.75, 3.05) is 14.2 Å². The first kappa shape index (κ1) is 17.8. The monoisotopic (exact) mass is 354 g/mol. The van der Waals surface area contributed by atoms with E-state index in [0.717, 1.165) is 5.56 Å². The van der Waals surface area contributed by atoms with Gasteiger partial charge in [-0.05, 0) is 48.2 Å². The largest absolute Gasteiger partial charge is 0.508 e. The summed E-state index contributed by atoms with van der Waals surface area (Å²) in [4.78, 5) is 25.4. The van der Waals surface area contributed by atoms with Crippen LogP contribution in [0.5, 0.6) is 11.5 Å². The Kier molecular flexibility index (Phi) is 4.84. The highest BCUT2D eigenvalue weighted by molar-refractivity contribution is 5.95. The molecule has 0 heterocycles. The number of carbonyl (C=O) groups excluding carboxylic acids is 2. The van der Waals surface area contributed by atoms with E-state index in [9.17, 15) is 14.7 Å². The molecule has 0 radical (unpaired) electrons. The number of phenols is 1. The van der Waals surface area contributed by atoms with E-state index >= 15 is 0 Å². The third-order valence-electron chi connectivity index (χ3n) is 4.82. The number of nitrogens with one attached hydrogen (secondary N) is 2. The number of likely N-dealkylation sites (N-methyl/N-ethyl adjacent to an activating group) is 1. The van der Waals surface area contributed by atoms with Crippen molar-refractivity contribution in [2.45, 2.75) is 24.3 Å². The van der Waals surface area contributed by atoms with Crippen LogP contribution in [0.4, 0.5) is 0 Å². The van der Waals surface area contributed by atoms with E-state index in [4.69, 9.17) is 4.74 Å². The number of benzene rings is 2. The third-order valence-corrected chi connectivity index (χ3v) is 4.82. The Morgan fingerprint density at radius 3 is 2.42 bits per heavy atom. The van der Waals surface area contributed by atoms with Crippen LogP contribution in [0.15, 0.2) is 48.5 Å². The second kappa shape index (κ2) is 7.07. The smallest absolute Gasteiger partial charge is 0.246 e. The van der Waals surface area contributed by atoms with Crippen LogP contribution in [0, 0.1) is 0 Å². The van der Waals surface area contributed by atoms with Gasteiger partial charge in [0.2, 0.25) is 11.8 Å². The van der Waals surface area contributed by atoms with Gasteiger partial charge < -0.3 is 20.5 Å². The lowest BCUT2D eigenvalue weighted by molar-refractivity contribution is -0.130. The predicted octanol–water partition coefficient (Wildman–Crippen LogP) is 2.04. The van der Waals surface area contributed by atoms with Crippen molar-refractivity contribution in [3.8, 4) is 11.5 Å². The van der Waals surface area contributed by atoms with E-state index in [0.29, 0.717) is 24.2 Å². The maximum atomic E-state index is 13.0. The fourth-order valence-corrected chi connectivity index (χ4v) is 3.09. The van der Waals surface area contributed by atoms with Gasteiger partial charge in [-0.2, -0.15) is 0 Å². The summed E-state index contributed by atoms with van der Waals surface area (Å²) in [5.74, 6) is 0.280. The van der Waals surface area contributed by atoms with Crippen LogP contribution in [0.1, 0.15) is 30.0 Å². The molecule has 0 bridgehead atoms. The maximum Gasteiger partial charge on any atom is 0.246 e. The summed E-state index contributed by atoms with van der Waals surface area (Å²) in [6, 6.07) is 12.9. The fourth-order valence-electron chi connectivity index (χ4n) is 3.09. The molecule has 1 atom stereocenters. The van der Waals surface area contributed by atoms with Gasteiger partial charge in [0, 0.05) is 7.05 Å². The van der Waals surface area contributed by atoms with Crippen molar-refractivity contribution in [2.24, 2.45) is 0 Å². The molecule has 3 rings (SSSR count). The van der Waals surface area contributed by atoms with Crippen LogP contribution < -0.4 is 15.4 Å². The van der Waals surface area contributed by atoms with E-state index in [-0.39, 0.29) is 17.6 Å². The first-order valence-electron chi connectivity index (χ1n) is 8.46. The normalized spacial score (nSPS) is 15.6. The summed E-state index contributed by atoms with van der Waals surface area (Å²) < 4.78 is 5.22. The molecule has 0 spiro atoms. The van der Waals surface area contributed by atoms with Crippen molar-refractivity contribution in [3.63, 3.8) is 0 Å². The Bertz CT molecular complexity index is 813. The lowest BCUT2D eigenvalue weighted by Crippen LogP contribution is -2.43. The second-order valence-corrected chi connectivity index (χ2v) is 6.43. The average Bonchev–Trinajstić information content (AvgIpc) is 3.48. The summed E-state index contributed by atoms with van der Waals surface area (Å²) in [5.41, 5.74) is 0.853. The molecular weight excluding hydrogens is 332 g/mol. The predicted molar refractivity (Wildman–Crippen MR) is 97.0 cm³/mol. The molecule has 26 heavy (non-hydrogen) atoms. The zero-order valence-corrected chi connectivity index (χ0v) is 14.8. The highest BCUT2D eigenvalue weighted by atomic mass is 16.5. The lowest BCUT2D eigenvalue weighted by atomic mass is 9.94. The summed E-state index contributed by atoms with van der Waals surface area (Å²) >= 11 is 0. The maximum absolute atomic E-state index is 13.0. The molecule has 136 valence electrons. The van der Waals surface area contributed by atoms with Gasteiger partial charge in [-0.25, -0.2) is 0 Å². The minimum atomic E-state index is -0.808. The topological polar surface area (TPSA) is 87.7 Å². The van der Waals surface area contributed by atoms with E-state index in [1.54, 1.807) is 55.6 Å². The Hall–Kier alpha value is -3.02. The van der Waals surface area contributed by atoms with Gasteiger partial charge in [-0.3, -0.25) is 9.59 Å². The van der Waals surface area contributed by atoms with Gasteiger partial charge in [-0.1, -0.05) is 24.3 Å². The SMILES string of the molecule is CNC(=O)C(NC(=O)C1(c2ccc(O)cc2)CC1)c1cccc(OC)c1. The number of aromatic hydroxyl groups is 1. The Balaban J connectivity index is 1.86. The summed E-state index contributed by atoms with van der Waals surface area (Å²) in [7, 11) is 3.09. The van der Waals surface area contributed by atoms with Gasteiger partial charge in [0.05, 0.1) is 12.5 Å². The molecule has 6 nitrogen and oxygen atoms in total. The number of phenolic OH excluding ortho intramolecular Hbond substituents is 1. The molecule has 2 aromatic rings. The zero-order chi connectivity index (χ0) is 18.7. The molecular formula is C20H22N2O4. The molecule has 2 aromatic carbocycles. The van der Waals surface area contributed by atoms with E-state index in [1.807, 2.05) is 0 Å². The number of carbonyl (C=O) groups is 2. The van der Waals surface area contributed by atoms with Crippen molar-refractivity contribution in [3.05, 3.63) is 59.7 Å². The van der Waals surface area contributed by atoms with Crippen molar-refractivity contribution >= 4 is 11.8 Å². The quantitative estimate of drug-likeness (QED) is 0.741. The molecule has 3 N–H and O–H groups in total. The lowest BCUT2D eigenvalue weighted by Gasteiger charge is -2.22. The van der Waals surface area contributed by atoms with E-state index < -0.39 is 11.5 Å². The number of hydrogen-bond acceptors (Lipinski definition) is 4. The summed E-state index contributed by atoms with van der Waals surface area (Å²) in [5, 5.41) is 14.9. The molecule has 0 aliphatic heterocycles. The second-order valence-electron chi connectivity index (χ2n) is 6.43. The first-order chi connectivity index (χ1) is 12.5. The first-order valence-corrected chi connectivity index (χ1v) is 8.46. The highest BCUT2D eigenvalue weighted by Crippen LogP contribution is 2.49. The van der Waals surface area contributed by atoms with Gasteiger partial charge in [0.25, 0.3) is 0 Å². The number of amides is 2. The van der Waals surface area contributed by atoms with E-state index in [1.165, 1.54) is 7.05 Å². The van der Waals surface area contributed by atoms with E-state index in [2.05, 4.69) is 10.6 Å². The minimum Gasteiger partial charge on any atom is -0.508 e. The highest BCUT2D eigenvalue weighted by Gasteiger charge is 2.52. The molecule has 1 aliphatic carbocycles. The molecule has 2 amide bonds. The molecule has 0 aromatic heterocycles. The molecule has 1 fully saturated rings. The molecule has 1 saturated carbocycles. The van der Waals surface area contributed by atoms with Gasteiger partial charge in [-0.15, -0.1) is 0 Å². The molecule has 1 aliphatic rings. The van der Waals surface area contributed by atoms with Crippen LogP contribution >= 0.6 is 0 Å². The fraction of sp³-hybridized carbons (Fsp3) is 0.300. The number of rotatable bonds is 6. The number of methoxy groups -OCH3 is 1. The Morgan fingerprint density at radius 2 is 1.85 bits per heavy atom. The minimum absolute atomic E-state index is 0.157. The van der Waals surface area contributed by atoms with Gasteiger partial charge >= 0.3 is 0 Å². The van der Waals surface area contributed by atoms with Gasteiger partial charge in [0.1, 0.15) is 17.5 Å². The van der Waals surface area contributed by atoms with Crippen molar-refractivity contribution < 1.29 is 19.4 Å².